The molecule has 0 saturated carbocycles. The van der Waals surface area contributed by atoms with Crippen LogP contribution in [0.1, 0.15) is 17.3 Å². The summed E-state index contributed by atoms with van der Waals surface area (Å²) in [4.78, 5) is 25.4. The van der Waals surface area contributed by atoms with Crippen molar-refractivity contribution in [1.82, 2.24) is 10.6 Å². The summed E-state index contributed by atoms with van der Waals surface area (Å²) >= 11 is 1.34. The maximum absolute atomic E-state index is 12.4. The zero-order valence-electron chi connectivity index (χ0n) is 16.0. The van der Waals surface area contributed by atoms with Crippen LogP contribution in [0.15, 0.2) is 53.4 Å². The molecule has 0 aliphatic rings. The van der Waals surface area contributed by atoms with Crippen molar-refractivity contribution in [2.45, 2.75) is 11.8 Å². The van der Waals surface area contributed by atoms with Crippen molar-refractivity contribution in [3.05, 3.63) is 54.1 Å². The van der Waals surface area contributed by atoms with E-state index in [-0.39, 0.29) is 30.0 Å². The molecule has 0 aromatic heterocycles. The van der Waals surface area contributed by atoms with Gasteiger partial charge in [0.25, 0.3) is 5.91 Å². The minimum absolute atomic E-state index is 0. The van der Waals surface area contributed by atoms with Crippen molar-refractivity contribution in [2.75, 3.05) is 37.8 Å². The van der Waals surface area contributed by atoms with Gasteiger partial charge in [0.15, 0.2) is 0 Å². The van der Waals surface area contributed by atoms with Gasteiger partial charge in [-0.1, -0.05) is 25.1 Å². The van der Waals surface area contributed by atoms with E-state index >= 15 is 0 Å². The highest BCUT2D eigenvalue weighted by Gasteiger charge is 2.12. The molecular formula is C20H26ClN3O3S. The van der Waals surface area contributed by atoms with Crippen molar-refractivity contribution in [2.24, 2.45) is 0 Å². The van der Waals surface area contributed by atoms with Gasteiger partial charge in [0, 0.05) is 29.7 Å². The first kappa shape index (κ1) is 23.8. The van der Waals surface area contributed by atoms with Crippen LogP contribution in [-0.2, 0) is 4.79 Å². The topological polar surface area (TPSA) is 79.5 Å². The zero-order chi connectivity index (χ0) is 19.5. The lowest BCUT2D eigenvalue weighted by molar-refractivity contribution is -0.113. The summed E-state index contributed by atoms with van der Waals surface area (Å²) in [6.07, 6.45) is 0. The van der Waals surface area contributed by atoms with Gasteiger partial charge in [-0.3, -0.25) is 9.59 Å². The quantitative estimate of drug-likeness (QED) is 0.404. The van der Waals surface area contributed by atoms with Gasteiger partial charge < -0.3 is 20.7 Å². The van der Waals surface area contributed by atoms with E-state index in [4.69, 9.17) is 4.74 Å². The van der Waals surface area contributed by atoms with E-state index in [1.54, 1.807) is 25.3 Å². The number of carbonyl (C=O) groups is 2. The number of benzene rings is 2. The molecular weight excluding hydrogens is 398 g/mol. The van der Waals surface area contributed by atoms with Crippen molar-refractivity contribution in [3.63, 3.8) is 0 Å². The Bertz CT molecular complexity index is 774. The van der Waals surface area contributed by atoms with Crippen molar-refractivity contribution < 1.29 is 14.3 Å². The van der Waals surface area contributed by atoms with Crippen LogP contribution in [0.4, 0.5) is 5.69 Å². The second-order valence-corrected chi connectivity index (χ2v) is 6.69. The molecule has 6 nitrogen and oxygen atoms in total. The van der Waals surface area contributed by atoms with E-state index in [1.807, 2.05) is 37.3 Å². The van der Waals surface area contributed by atoms with E-state index in [2.05, 4.69) is 16.0 Å². The van der Waals surface area contributed by atoms with Crippen LogP contribution in [0.5, 0.6) is 5.75 Å². The third-order valence-corrected chi connectivity index (χ3v) is 4.75. The van der Waals surface area contributed by atoms with E-state index in [9.17, 15) is 9.59 Å². The summed E-state index contributed by atoms with van der Waals surface area (Å²) in [5.74, 6) is 0.610. The Labute approximate surface area is 176 Å². The van der Waals surface area contributed by atoms with Crippen LogP contribution < -0.4 is 20.7 Å². The van der Waals surface area contributed by atoms with Gasteiger partial charge in [0.05, 0.1) is 18.4 Å². The molecule has 2 rings (SSSR count). The lowest BCUT2D eigenvalue weighted by atomic mass is 10.2. The van der Waals surface area contributed by atoms with Gasteiger partial charge in [-0.05, 0) is 30.8 Å². The summed E-state index contributed by atoms with van der Waals surface area (Å²) in [7, 11) is 1.58. The lowest BCUT2D eigenvalue weighted by Gasteiger charge is -2.11. The molecule has 2 aromatic rings. The first-order valence-corrected chi connectivity index (χ1v) is 9.77. The number of halogens is 1. The second kappa shape index (κ2) is 13.0. The monoisotopic (exact) mass is 423 g/mol. The molecule has 0 heterocycles. The first-order chi connectivity index (χ1) is 13.1. The molecule has 3 N–H and O–H groups in total. The van der Waals surface area contributed by atoms with Crippen molar-refractivity contribution >= 4 is 41.7 Å². The van der Waals surface area contributed by atoms with E-state index in [0.29, 0.717) is 23.5 Å². The van der Waals surface area contributed by atoms with E-state index in [0.717, 1.165) is 18.0 Å². The fraction of sp³-hybridized carbons (Fsp3) is 0.300. The molecule has 8 heteroatoms. The number of likely N-dealkylation sites (N-methyl/N-ethyl adjacent to an activating group) is 1. The number of carbonyl (C=O) groups excluding carboxylic acids is 2. The van der Waals surface area contributed by atoms with E-state index in [1.165, 1.54) is 11.8 Å². The molecule has 0 fully saturated rings. The normalized spacial score (nSPS) is 9.93. The summed E-state index contributed by atoms with van der Waals surface area (Å²) in [5.41, 5.74) is 1.25. The third-order valence-electron chi connectivity index (χ3n) is 3.68. The van der Waals surface area contributed by atoms with Crippen LogP contribution in [0.2, 0.25) is 0 Å². The Morgan fingerprint density at radius 2 is 1.86 bits per heavy atom. The zero-order valence-corrected chi connectivity index (χ0v) is 17.6. The van der Waals surface area contributed by atoms with Gasteiger partial charge in [-0.25, -0.2) is 0 Å². The summed E-state index contributed by atoms with van der Waals surface area (Å²) < 4.78 is 5.15. The van der Waals surface area contributed by atoms with Crippen LogP contribution >= 0.6 is 24.2 Å². The third kappa shape index (κ3) is 7.80. The standard InChI is InChI=1S/C20H25N3O3S.ClH/c1-3-21-11-12-22-20(25)17-9-4-5-10-18(17)27-14-19(24)23-15-7-6-8-16(13-15)26-2;/h4-10,13,21H,3,11-12,14H2,1-2H3,(H,22,25)(H,23,24);1H. The number of ether oxygens (including phenoxy) is 1. The van der Waals surface area contributed by atoms with Crippen LogP contribution in [0.25, 0.3) is 0 Å². The van der Waals surface area contributed by atoms with Crippen molar-refractivity contribution in [1.29, 1.82) is 0 Å². The molecule has 152 valence electrons. The second-order valence-electron chi connectivity index (χ2n) is 5.67. The smallest absolute Gasteiger partial charge is 0.252 e. The molecule has 0 bridgehead atoms. The predicted molar refractivity (Wildman–Crippen MR) is 117 cm³/mol. The summed E-state index contributed by atoms with van der Waals surface area (Å²) in [6, 6.07) is 14.5. The van der Waals surface area contributed by atoms with E-state index < -0.39 is 0 Å². The van der Waals surface area contributed by atoms with Crippen LogP contribution in [-0.4, -0.2) is 44.3 Å². The molecule has 0 atom stereocenters. The Kier molecular flexibility index (Phi) is 11.1. The van der Waals surface area contributed by atoms with Gasteiger partial charge in [0.1, 0.15) is 5.75 Å². The molecule has 0 aliphatic heterocycles. The molecule has 28 heavy (non-hydrogen) atoms. The lowest BCUT2D eigenvalue weighted by Crippen LogP contribution is -2.32. The van der Waals surface area contributed by atoms with Gasteiger partial charge >= 0.3 is 0 Å². The number of methoxy groups -OCH3 is 1. The Balaban J connectivity index is 0.00000392. The minimum atomic E-state index is -0.143. The largest absolute Gasteiger partial charge is 0.497 e. The molecule has 0 unspecified atom stereocenters. The maximum Gasteiger partial charge on any atom is 0.252 e. The molecule has 2 aromatic carbocycles. The first-order valence-electron chi connectivity index (χ1n) is 8.78. The number of nitrogens with one attached hydrogen (secondary N) is 3. The maximum atomic E-state index is 12.4. The average Bonchev–Trinajstić information content (AvgIpc) is 2.70. The molecule has 2 amide bonds. The van der Waals surface area contributed by atoms with Gasteiger partial charge in [0.2, 0.25) is 5.91 Å². The summed E-state index contributed by atoms with van der Waals surface area (Å²) in [5, 5.41) is 8.88. The molecule has 0 aliphatic carbocycles. The predicted octanol–water partition coefficient (Wildman–Crippen LogP) is 3.19. The number of hydrogen-bond acceptors (Lipinski definition) is 5. The fourth-order valence-corrected chi connectivity index (χ4v) is 3.21. The Morgan fingerprint density at radius 1 is 1.07 bits per heavy atom. The number of rotatable bonds is 10. The Morgan fingerprint density at radius 3 is 2.61 bits per heavy atom. The van der Waals surface area contributed by atoms with Crippen LogP contribution in [0.3, 0.4) is 0 Å². The van der Waals surface area contributed by atoms with Gasteiger partial charge in [-0.15, -0.1) is 24.2 Å². The number of thioether (sulfide) groups is 1. The minimum Gasteiger partial charge on any atom is -0.497 e. The number of hydrogen-bond donors (Lipinski definition) is 3. The highest BCUT2D eigenvalue weighted by atomic mass is 35.5. The number of anilines is 1. The van der Waals surface area contributed by atoms with Crippen LogP contribution in [0, 0.1) is 0 Å². The Hall–Kier alpha value is -2.22. The van der Waals surface area contributed by atoms with Crippen molar-refractivity contribution in [3.8, 4) is 5.75 Å². The molecule has 0 saturated heterocycles. The molecule has 0 radical (unpaired) electrons. The fourth-order valence-electron chi connectivity index (χ4n) is 2.36. The molecule has 0 spiro atoms. The summed E-state index contributed by atoms with van der Waals surface area (Å²) in [6.45, 7) is 4.16. The van der Waals surface area contributed by atoms with Gasteiger partial charge in [-0.2, -0.15) is 0 Å². The average molecular weight is 424 g/mol. The SMILES string of the molecule is CCNCCNC(=O)c1ccccc1SCC(=O)Nc1cccc(OC)c1.Cl. The highest BCUT2D eigenvalue weighted by Crippen LogP contribution is 2.23. The number of amides is 2. The highest BCUT2D eigenvalue weighted by molar-refractivity contribution is 8.00.